The monoisotopic (exact) mass is 313 g/mol. The van der Waals surface area contributed by atoms with Gasteiger partial charge in [0.2, 0.25) is 5.69 Å². The van der Waals surface area contributed by atoms with Gasteiger partial charge in [-0.05, 0) is 32.1 Å². The quantitative estimate of drug-likeness (QED) is 0.564. The van der Waals surface area contributed by atoms with Crippen molar-refractivity contribution in [1.29, 1.82) is 0 Å². The molecule has 0 amide bonds. The van der Waals surface area contributed by atoms with Crippen molar-refractivity contribution >= 4 is 23.0 Å². The van der Waals surface area contributed by atoms with Crippen LogP contribution < -0.4 is 17.0 Å². The van der Waals surface area contributed by atoms with Gasteiger partial charge in [-0.1, -0.05) is 18.2 Å². The van der Waals surface area contributed by atoms with Gasteiger partial charge in [0.15, 0.2) is 12.3 Å². The van der Waals surface area contributed by atoms with E-state index in [1.54, 1.807) is 0 Å². The number of hydrogen-bond donors (Lipinski definition) is 0. The zero-order valence-electron chi connectivity index (χ0n) is 10.4. The average molecular weight is 315 g/mol. The molecule has 0 saturated carbocycles. The summed E-state index contributed by atoms with van der Waals surface area (Å²) in [5, 5.41) is 0.806. The van der Waals surface area contributed by atoms with Gasteiger partial charge in [0, 0.05) is 23.6 Å². The molecule has 17 heavy (non-hydrogen) atoms. The Bertz CT molecular complexity index is 489. The number of rotatable bonds is 2. The van der Waals surface area contributed by atoms with Gasteiger partial charge < -0.3 is 17.0 Å². The van der Waals surface area contributed by atoms with E-state index >= 15 is 0 Å². The van der Waals surface area contributed by atoms with Gasteiger partial charge in [0.25, 0.3) is 0 Å². The standard InChI is InChI=1S/C14H17ClN.BrH/c1-5-8-16-10(2)14(3,4)12-9-11(15)6-7-13(12)16;/h5-7,9H,1,8H2,2-4H3;1H/q+1;/p-1. The van der Waals surface area contributed by atoms with Crippen LogP contribution in [0.2, 0.25) is 5.02 Å². The van der Waals surface area contributed by atoms with E-state index in [1.165, 1.54) is 17.0 Å². The summed E-state index contributed by atoms with van der Waals surface area (Å²) in [6.45, 7) is 11.3. The minimum absolute atomic E-state index is 0. The van der Waals surface area contributed by atoms with E-state index < -0.39 is 0 Å². The highest BCUT2D eigenvalue weighted by atomic mass is 79.9. The molecule has 1 aliphatic rings. The highest BCUT2D eigenvalue weighted by molar-refractivity contribution is 6.30. The molecule has 3 heteroatoms. The molecule has 0 unspecified atom stereocenters. The summed E-state index contributed by atoms with van der Waals surface area (Å²) >= 11 is 6.08. The van der Waals surface area contributed by atoms with Crippen LogP contribution in [0.5, 0.6) is 0 Å². The fourth-order valence-electron chi connectivity index (χ4n) is 2.32. The van der Waals surface area contributed by atoms with Crippen molar-refractivity contribution in [2.45, 2.75) is 26.2 Å². The highest BCUT2D eigenvalue weighted by Crippen LogP contribution is 2.40. The molecule has 0 atom stereocenters. The van der Waals surface area contributed by atoms with Crippen molar-refractivity contribution in [3.05, 3.63) is 41.4 Å². The Kier molecular flexibility index (Phi) is 4.21. The maximum absolute atomic E-state index is 6.08. The predicted octanol–water partition coefficient (Wildman–Crippen LogP) is 0.926. The Morgan fingerprint density at radius 1 is 1.41 bits per heavy atom. The van der Waals surface area contributed by atoms with Crippen molar-refractivity contribution in [2.24, 2.45) is 0 Å². The first kappa shape index (κ1) is 14.5. The molecule has 1 aliphatic heterocycles. The topological polar surface area (TPSA) is 3.01 Å². The van der Waals surface area contributed by atoms with Crippen molar-refractivity contribution < 1.29 is 21.6 Å². The van der Waals surface area contributed by atoms with E-state index in [0.717, 1.165) is 11.6 Å². The summed E-state index contributed by atoms with van der Waals surface area (Å²) in [7, 11) is 0. The zero-order chi connectivity index (χ0) is 11.9. The fraction of sp³-hybridized carbons (Fsp3) is 0.357. The van der Waals surface area contributed by atoms with Gasteiger partial charge in [-0.25, -0.2) is 0 Å². The van der Waals surface area contributed by atoms with Crippen molar-refractivity contribution in [1.82, 2.24) is 0 Å². The van der Waals surface area contributed by atoms with Crippen LogP contribution in [0.4, 0.5) is 5.69 Å². The maximum atomic E-state index is 6.08. The van der Waals surface area contributed by atoms with Crippen LogP contribution in [0.15, 0.2) is 30.9 Å². The number of benzene rings is 1. The van der Waals surface area contributed by atoms with Gasteiger partial charge in [-0.2, -0.15) is 4.58 Å². The second kappa shape index (κ2) is 4.95. The van der Waals surface area contributed by atoms with Gasteiger partial charge in [0.1, 0.15) is 0 Å². The molecule has 0 radical (unpaired) electrons. The molecule has 0 bridgehead atoms. The molecule has 1 nitrogen and oxygen atoms in total. The van der Waals surface area contributed by atoms with Crippen LogP contribution in [-0.2, 0) is 5.41 Å². The molecule has 0 N–H and O–H groups in total. The second-order valence-corrected chi connectivity index (χ2v) is 5.21. The van der Waals surface area contributed by atoms with Crippen LogP contribution in [0.3, 0.4) is 0 Å². The first-order valence-corrected chi connectivity index (χ1v) is 5.88. The van der Waals surface area contributed by atoms with Crippen LogP contribution in [0.1, 0.15) is 26.3 Å². The van der Waals surface area contributed by atoms with Crippen LogP contribution in [0.25, 0.3) is 0 Å². The van der Waals surface area contributed by atoms with Crippen molar-refractivity contribution in [3.63, 3.8) is 0 Å². The first-order chi connectivity index (χ1) is 7.48. The van der Waals surface area contributed by atoms with Gasteiger partial charge in [0.05, 0.1) is 5.41 Å². The fourth-order valence-corrected chi connectivity index (χ4v) is 2.49. The molecular formula is C14H17BrClN. The van der Waals surface area contributed by atoms with E-state index in [0.29, 0.717) is 0 Å². The smallest absolute Gasteiger partial charge is 0.209 e. The Labute approximate surface area is 119 Å². The van der Waals surface area contributed by atoms with Gasteiger partial charge >= 0.3 is 0 Å². The normalized spacial score (nSPS) is 16.5. The summed E-state index contributed by atoms with van der Waals surface area (Å²) in [5.74, 6) is 0. The molecule has 0 aliphatic carbocycles. The molecule has 0 fully saturated rings. The van der Waals surface area contributed by atoms with E-state index in [2.05, 4.69) is 44.1 Å². The lowest BCUT2D eigenvalue weighted by Gasteiger charge is -2.14. The van der Waals surface area contributed by atoms with Crippen LogP contribution in [0, 0.1) is 0 Å². The van der Waals surface area contributed by atoms with E-state index in [4.69, 9.17) is 11.6 Å². The molecule has 0 aromatic heterocycles. The number of halogens is 2. The lowest BCUT2D eigenvalue weighted by atomic mass is 9.82. The molecule has 1 heterocycles. The van der Waals surface area contributed by atoms with Crippen LogP contribution in [-0.4, -0.2) is 16.8 Å². The zero-order valence-corrected chi connectivity index (χ0v) is 12.8. The predicted molar refractivity (Wildman–Crippen MR) is 70.1 cm³/mol. The molecule has 2 rings (SSSR count). The molecule has 92 valence electrons. The molecular weight excluding hydrogens is 298 g/mol. The third-order valence-corrected chi connectivity index (χ3v) is 3.78. The summed E-state index contributed by atoms with van der Waals surface area (Å²) in [5.41, 5.74) is 3.97. The summed E-state index contributed by atoms with van der Waals surface area (Å²) < 4.78 is 2.30. The highest BCUT2D eigenvalue weighted by Gasteiger charge is 2.42. The lowest BCUT2D eigenvalue weighted by molar-refractivity contribution is -0.426. The number of hydrogen-bond acceptors (Lipinski definition) is 0. The Hall–Kier alpha value is -0.600. The van der Waals surface area contributed by atoms with Crippen LogP contribution >= 0.6 is 11.6 Å². The number of nitrogens with zero attached hydrogens (tertiary/aromatic N) is 1. The number of fused-ring (bicyclic) bond motifs is 1. The lowest BCUT2D eigenvalue weighted by Crippen LogP contribution is -3.00. The van der Waals surface area contributed by atoms with Gasteiger partial charge in [-0.3, -0.25) is 0 Å². The third kappa shape index (κ3) is 2.21. The second-order valence-electron chi connectivity index (χ2n) is 4.77. The maximum Gasteiger partial charge on any atom is 0.209 e. The van der Waals surface area contributed by atoms with Gasteiger partial charge in [-0.15, -0.1) is 0 Å². The largest absolute Gasteiger partial charge is 1.00 e. The van der Waals surface area contributed by atoms with E-state index in [9.17, 15) is 0 Å². The minimum Gasteiger partial charge on any atom is -1.00 e. The van der Waals surface area contributed by atoms with Crippen molar-refractivity contribution in [3.8, 4) is 0 Å². The van der Waals surface area contributed by atoms with E-state index in [-0.39, 0.29) is 22.4 Å². The average Bonchev–Trinajstić information content (AvgIpc) is 2.41. The Balaban J connectivity index is 0.00000144. The molecule has 0 spiro atoms. The first-order valence-electron chi connectivity index (χ1n) is 5.51. The Morgan fingerprint density at radius 3 is 2.65 bits per heavy atom. The molecule has 0 saturated heterocycles. The Morgan fingerprint density at radius 2 is 2.06 bits per heavy atom. The summed E-state index contributed by atoms with van der Waals surface area (Å²) in [4.78, 5) is 0. The molecule has 1 aromatic carbocycles. The van der Waals surface area contributed by atoms with E-state index in [1.807, 2.05) is 12.1 Å². The van der Waals surface area contributed by atoms with Crippen molar-refractivity contribution in [2.75, 3.05) is 6.54 Å². The molecule has 1 aromatic rings. The third-order valence-electron chi connectivity index (χ3n) is 3.54. The summed E-state index contributed by atoms with van der Waals surface area (Å²) in [6.07, 6.45) is 1.93. The minimum atomic E-state index is 0. The SMILES string of the molecule is C=CC[N+]1=C(C)C(C)(C)c2cc(Cl)ccc21.[Br-]. The summed E-state index contributed by atoms with van der Waals surface area (Å²) in [6, 6.07) is 6.12.